The fourth-order valence-corrected chi connectivity index (χ4v) is 3.06. The van der Waals surface area contributed by atoms with E-state index in [0.29, 0.717) is 23.6 Å². The molecule has 1 amide bonds. The van der Waals surface area contributed by atoms with E-state index in [4.69, 9.17) is 0 Å². The first-order chi connectivity index (χ1) is 12.2. The van der Waals surface area contributed by atoms with Crippen molar-refractivity contribution in [2.24, 2.45) is 0 Å². The molecule has 3 aromatic rings. The molecule has 2 aromatic heterocycles. The lowest BCUT2D eigenvalue weighted by molar-refractivity contribution is -0.120. The van der Waals surface area contributed by atoms with Crippen molar-refractivity contribution in [2.45, 2.75) is 17.9 Å². The molecule has 0 atom stereocenters. The predicted molar refractivity (Wildman–Crippen MR) is 94.9 cm³/mol. The van der Waals surface area contributed by atoms with Gasteiger partial charge in [0, 0.05) is 42.2 Å². The van der Waals surface area contributed by atoms with Crippen LogP contribution in [0.3, 0.4) is 0 Å². The average Bonchev–Trinajstić information content (AvgIpc) is 3.17. The molecule has 0 bridgehead atoms. The minimum absolute atomic E-state index is 0.0671. The van der Waals surface area contributed by atoms with Gasteiger partial charge in [-0.05, 0) is 23.8 Å². The Morgan fingerprint density at radius 3 is 2.84 bits per heavy atom. The molecule has 0 spiro atoms. The largest absolute Gasteiger partial charge is 0.352 e. The summed E-state index contributed by atoms with van der Waals surface area (Å²) >= 11 is 1.34. The number of carbonyl (C=O) groups is 1. The maximum atomic E-state index is 13.5. The number of imidazole rings is 1. The second-order valence-corrected chi connectivity index (χ2v) is 6.44. The van der Waals surface area contributed by atoms with Gasteiger partial charge in [0.1, 0.15) is 18.0 Å². The summed E-state index contributed by atoms with van der Waals surface area (Å²) in [5.74, 6) is 0.985. The molecule has 25 heavy (non-hydrogen) atoms. The second kappa shape index (κ2) is 8.43. The molecule has 0 fully saturated rings. The molecular formula is C18H17FN4OS. The standard InChI is InChI=1S/C18H17FN4OS/c19-15-3-1-2-4-16(15)25-10-7-18(24)22-12-14-5-6-17(21-11-14)23-9-8-20-13-23/h1-6,8-9,11,13H,7,10,12H2,(H,22,24). The molecule has 0 aliphatic heterocycles. The Morgan fingerprint density at radius 1 is 1.24 bits per heavy atom. The topological polar surface area (TPSA) is 59.8 Å². The summed E-state index contributed by atoms with van der Waals surface area (Å²) in [6, 6.07) is 10.4. The molecular weight excluding hydrogens is 339 g/mol. The van der Waals surface area contributed by atoms with Crippen LogP contribution in [0.2, 0.25) is 0 Å². The lowest BCUT2D eigenvalue weighted by Crippen LogP contribution is -2.23. The minimum atomic E-state index is -0.253. The number of hydrogen-bond acceptors (Lipinski definition) is 4. The van der Waals surface area contributed by atoms with E-state index in [9.17, 15) is 9.18 Å². The van der Waals surface area contributed by atoms with Gasteiger partial charge in [0.2, 0.25) is 5.91 Å². The maximum Gasteiger partial charge on any atom is 0.221 e. The number of hydrogen-bond donors (Lipinski definition) is 1. The van der Waals surface area contributed by atoms with Crippen molar-refractivity contribution in [2.75, 3.05) is 5.75 Å². The summed E-state index contributed by atoms with van der Waals surface area (Å²) in [4.78, 5) is 20.8. The Labute approximate surface area is 149 Å². The van der Waals surface area contributed by atoms with Crippen molar-refractivity contribution in [1.29, 1.82) is 0 Å². The quantitative estimate of drug-likeness (QED) is 0.661. The van der Waals surface area contributed by atoms with E-state index in [2.05, 4.69) is 15.3 Å². The molecule has 5 nitrogen and oxygen atoms in total. The number of nitrogens with one attached hydrogen (secondary N) is 1. The monoisotopic (exact) mass is 356 g/mol. The Kier molecular flexibility index (Phi) is 5.79. The number of benzene rings is 1. The summed E-state index contributed by atoms with van der Waals surface area (Å²) in [5, 5.41) is 2.85. The van der Waals surface area contributed by atoms with Crippen LogP contribution >= 0.6 is 11.8 Å². The lowest BCUT2D eigenvalue weighted by atomic mass is 10.2. The number of thioether (sulfide) groups is 1. The molecule has 2 heterocycles. The third-order valence-electron chi connectivity index (χ3n) is 3.49. The lowest BCUT2D eigenvalue weighted by Gasteiger charge is -2.07. The molecule has 0 radical (unpaired) electrons. The van der Waals surface area contributed by atoms with Gasteiger partial charge in [0.25, 0.3) is 0 Å². The van der Waals surface area contributed by atoms with Crippen LogP contribution in [0, 0.1) is 5.82 Å². The first kappa shape index (κ1) is 17.2. The zero-order valence-corrected chi connectivity index (χ0v) is 14.2. The van der Waals surface area contributed by atoms with E-state index in [1.54, 1.807) is 36.9 Å². The van der Waals surface area contributed by atoms with Gasteiger partial charge in [-0.2, -0.15) is 0 Å². The molecule has 1 aromatic carbocycles. The van der Waals surface area contributed by atoms with Gasteiger partial charge in [-0.25, -0.2) is 14.4 Å². The molecule has 7 heteroatoms. The van der Waals surface area contributed by atoms with Crippen molar-refractivity contribution in [3.05, 3.63) is 72.7 Å². The number of halogens is 1. The normalized spacial score (nSPS) is 10.6. The van der Waals surface area contributed by atoms with Crippen LogP contribution < -0.4 is 5.32 Å². The molecule has 128 valence electrons. The highest BCUT2D eigenvalue weighted by molar-refractivity contribution is 7.99. The third-order valence-corrected chi connectivity index (χ3v) is 4.54. The molecule has 1 N–H and O–H groups in total. The van der Waals surface area contributed by atoms with Crippen LogP contribution in [-0.4, -0.2) is 26.2 Å². The van der Waals surface area contributed by atoms with Gasteiger partial charge in [-0.1, -0.05) is 18.2 Å². The summed E-state index contributed by atoms with van der Waals surface area (Å²) in [6.45, 7) is 0.417. The van der Waals surface area contributed by atoms with E-state index in [1.807, 2.05) is 22.9 Å². The van der Waals surface area contributed by atoms with E-state index in [0.717, 1.165) is 11.4 Å². The van der Waals surface area contributed by atoms with Crippen LogP contribution in [0.4, 0.5) is 4.39 Å². The number of carbonyl (C=O) groups excluding carboxylic acids is 1. The molecule has 0 saturated carbocycles. The predicted octanol–water partition coefficient (Wildman–Crippen LogP) is 3.21. The molecule has 0 unspecified atom stereocenters. The number of nitrogens with zero attached hydrogens (tertiary/aromatic N) is 3. The highest BCUT2D eigenvalue weighted by atomic mass is 32.2. The highest BCUT2D eigenvalue weighted by Gasteiger charge is 2.05. The van der Waals surface area contributed by atoms with Gasteiger partial charge < -0.3 is 5.32 Å². The van der Waals surface area contributed by atoms with Crippen LogP contribution in [0.25, 0.3) is 5.82 Å². The summed E-state index contributed by atoms with van der Waals surface area (Å²) in [6.07, 6.45) is 7.24. The van der Waals surface area contributed by atoms with E-state index < -0.39 is 0 Å². The highest BCUT2D eigenvalue weighted by Crippen LogP contribution is 2.21. The Morgan fingerprint density at radius 2 is 2.12 bits per heavy atom. The van der Waals surface area contributed by atoms with E-state index in [1.165, 1.54) is 17.8 Å². The Bertz CT molecular complexity index is 821. The Hall–Kier alpha value is -2.67. The number of pyridine rings is 1. The Balaban J connectivity index is 1.42. The fourth-order valence-electron chi connectivity index (χ4n) is 2.17. The van der Waals surface area contributed by atoms with Crippen LogP contribution in [0.5, 0.6) is 0 Å². The van der Waals surface area contributed by atoms with Crippen LogP contribution in [-0.2, 0) is 11.3 Å². The fraction of sp³-hybridized carbons (Fsp3) is 0.167. The van der Waals surface area contributed by atoms with Gasteiger partial charge in [0.05, 0.1) is 0 Å². The number of rotatable bonds is 7. The van der Waals surface area contributed by atoms with Gasteiger partial charge in [-0.15, -0.1) is 11.8 Å². The van der Waals surface area contributed by atoms with Gasteiger partial charge in [-0.3, -0.25) is 9.36 Å². The summed E-state index contributed by atoms with van der Waals surface area (Å²) < 4.78 is 15.3. The molecule has 0 aliphatic carbocycles. The SMILES string of the molecule is O=C(CCSc1ccccc1F)NCc1ccc(-n2ccnc2)nc1. The van der Waals surface area contributed by atoms with Crippen molar-refractivity contribution in [3.63, 3.8) is 0 Å². The summed E-state index contributed by atoms with van der Waals surface area (Å²) in [7, 11) is 0. The molecule has 0 saturated heterocycles. The second-order valence-electron chi connectivity index (χ2n) is 5.30. The number of aromatic nitrogens is 3. The van der Waals surface area contributed by atoms with E-state index in [-0.39, 0.29) is 11.7 Å². The summed E-state index contributed by atoms with van der Waals surface area (Å²) in [5.41, 5.74) is 0.916. The third kappa shape index (κ3) is 4.90. The zero-order valence-electron chi connectivity index (χ0n) is 13.4. The van der Waals surface area contributed by atoms with Gasteiger partial charge in [0.15, 0.2) is 0 Å². The maximum absolute atomic E-state index is 13.5. The minimum Gasteiger partial charge on any atom is -0.352 e. The zero-order chi connectivity index (χ0) is 17.5. The van der Waals surface area contributed by atoms with Gasteiger partial charge >= 0.3 is 0 Å². The van der Waals surface area contributed by atoms with Crippen molar-refractivity contribution < 1.29 is 9.18 Å². The first-order valence-electron chi connectivity index (χ1n) is 7.79. The van der Waals surface area contributed by atoms with Crippen molar-refractivity contribution in [3.8, 4) is 5.82 Å². The van der Waals surface area contributed by atoms with E-state index >= 15 is 0 Å². The smallest absolute Gasteiger partial charge is 0.221 e. The molecule has 0 aliphatic rings. The van der Waals surface area contributed by atoms with Crippen LogP contribution in [0.1, 0.15) is 12.0 Å². The molecule has 3 rings (SSSR count). The average molecular weight is 356 g/mol. The number of amides is 1. The van der Waals surface area contributed by atoms with Crippen LogP contribution in [0.15, 0.2) is 66.2 Å². The first-order valence-corrected chi connectivity index (χ1v) is 8.78. The van der Waals surface area contributed by atoms with Crippen molar-refractivity contribution in [1.82, 2.24) is 19.9 Å². The van der Waals surface area contributed by atoms with Crippen molar-refractivity contribution >= 4 is 17.7 Å².